The van der Waals surface area contributed by atoms with Crippen molar-refractivity contribution < 1.29 is 72.9 Å². The number of carboxylic acids is 3. The molecule has 0 bridgehead atoms. The van der Waals surface area contributed by atoms with Gasteiger partial charge < -0.3 is 79.8 Å². The molecule has 8 atom stereocenters. The van der Waals surface area contributed by atoms with Gasteiger partial charge in [0.15, 0.2) is 5.96 Å². The van der Waals surface area contributed by atoms with Gasteiger partial charge in [0, 0.05) is 48.8 Å². The van der Waals surface area contributed by atoms with Crippen LogP contribution < -0.4 is 59.7 Å². The standard InChI is InChI=1S/C42H58N12O15S4/c1-2-3-11-31(56)49-28-19-72-73-21-30(41(68)69)54-37(64)26(13-22-8-5-4-6-9-22)51-35(62)24(43)18-70-71-20-29(53-38(65)27(15-34(60)61)52-39(28)66)40(67)50-25(10-7-12-46-42(44)45)36(63)47-16-32(57)48-23(17-55)14-33(58)59/h1,4-6,8-9,17,23-30H,3,7,10-16,18-21,43H2,(H,47,63)(H,48,57)(H,49,56)(H,50,67)(H,51,62)(H,52,66)(H,53,65)(H,54,64)(H,58,59)(H,60,61)(H,68,69)(H4,44,45,46)/t23-,24-,25-,26-,27-,28-,29-,30-/m0/s1. The Labute approximate surface area is 433 Å². The minimum atomic E-state index is -1.92. The molecule has 1 heterocycles. The largest absolute Gasteiger partial charge is 0.481 e. The first-order valence-corrected chi connectivity index (χ1v) is 26.9. The Morgan fingerprint density at radius 1 is 0.795 bits per heavy atom. The molecule has 17 N–H and O–H groups in total. The van der Waals surface area contributed by atoms with E-state index in [0.717, 1.165) is 43.2 Å². The van der Waals surface area contributed by atoms with E-state index in [4.69, 9.17) is 28.7 Å². The van der Waals surface area contributed by atoms with E-state index in [1.54, 1.807) is 30.3 Å². The maximum absolute atomic E-state index is 14.1. The van der Waals surface area contributed by atoms with Crippen molar-refractivity contribution in [1.82, 2.24) is 42.5 Å². The predicted molar refractivity (Wildman–Crippen MR) is 271 cm³/mol. The smallest absolute Gasteiger partial charge is 0.327 e. The van der Waals surface area contributed by atoms with Gasteiger partial charge in [-0.3, -0.25) is 52.9 Å². The zero-order chi connectivity index (χ0) is 54.5. The molecule has 0 radical (unpaired) electrons. The van der Waals surface area contributed by atoms with Gasteiger partial charge in [-0.2, -0.15) is 0 Å². The van der Waals surface area contributed by atoms with Crippen molar-refractivity contribution in [2.45, 2.75) is 93.3 Å². The number of nitrogens with two attached hydrogens (primary N) is 3. The van der Waals surface area contributed by atoms with Gasteiger partial charge in [-0.05, 0) is 18.4 Å². The molecule has 27 nitrogen and oxygen atoms in total. The number of rotatable bonds is 21. The third-order valence-corrected chi connectivity index (χ3v) is 14.6. The Morgan fingerprint density at radius 2 is 1.41 bits per heavy atom. The molecule has 1 saturated heterocycles. The number of aliphatic carboxylic acids is 3. The summed E-state index contributed by atoms with van der Waals surface area (Å²) >= 11 is 0. The molecule has 31 heteroatoms. The zero-order valence-electron chi connectivity index (χ0n) is 38.9. The lowest BCUT2D eigenvalue weighted by molar-refractivity contribution is -0.142. The SMILES string of the molecule is C#CCCC(=O)N[C@H]1CSSC[C@@H](C(=O)O)NC(=O)[C@H](Cc2ccccc2)NC(=O)[C@@H](N)CSSC[C@@H](C(=O)N[C@@H](CCCN=C(N)N)C(=O)NCC(=O)N[C@H](C=O)CC(=O)O)NC(=O)[C@H](CC(=O)O)NC1=O. The van der Waals surface area contributed by atoms with Crippen LogP contribution in [0.2, 0.25) is 0 Å². The minimum absolute atomic E-state index is 0.0337. The molecule has 0 spiro atoms. The number of guanidine groups is 1. The average Bonchev–Trinajstić information content (AvgIpc) is 3.33. The summed E-state index contributed by atoms with van der Waals surface area (Å²) in [6.45, 7) is -0.831. The van der Waals surface area contributed by atoms with Crippen molar-refractivity contribution in [3.05, 3.63) is 35.9 Å². The van der Waals surface area contributed by atoms with Crippen LogP contribution in [0.5, 0.6) is 0 Å². The van der Waals surface area contributed by atoms with Gasteiger partial charge >= 0.3 is 17.9 Å². The molecule has 0 saturated carbocycles. The monoisotopic (exact) mass is 1100 g/mol. The number of nitrogens with zero attached hydrogens (tertiary/aromatic N) is 1. The van der Waals surface area contributed by atoms with Gasteiger partial charge in [0.25, 0.3) is 0 Å². The van der Waals surface area contributed by atoms with Crippen LogP contribution in [0, 0.1) is 12.3 Å². The molecule has 1 aliphatic rings. The second kappa shape index (κ2) is 33.8. The molecule has 1 aromatic carbocycles. The van der Waals surface area contributed by atoms with E-state index >= 15 is 0 Å². The van der Waals surface area contributed by atoms with Gasteiger partial charge in [-0.15, -0.1) is 12.3 Å². The number of hydrogen-bond donors (Lipinski definition) is 14. The number of carbonyl (C=O) groups excluding carboxylic acids is 9. The maximum Gasteiger partial charge on any atom is 0.327 e. The van der Waals surface area contributed by atoms with Crippen molar-refractivity contribution >= 4 is 121 Å². The van der Waals surface area contributed by atoms with Gasteiger partial charge in [0.2, 0.25) is 47.3 Å². The number of benzene rings is 1. The molecule has 8 amide bonds. The van der Waals surface area contributed by atoms with Crippen molar-refractivity contribution in [1.29, 1.82) is 0 Å². The van der Waals surface area contributed by atoms with Gasteiger partial charge in [0.05, 0.1) is 31.5 Å². The Morgan fingerprint density at radius 3 is 2.03 bits per heavy atom. The molecule has 0 unspecified atom stereocenters. The van der Waals surface area contributed by atoms with E-state index < -0.39 is 133 Å². The first kappa shape index (κ1) is 62.4. The lowest BCUT2D eigenvalue weighted by Gasteiger charge is -2.26. The topological polar surface area (TPSA) is 452 Å². The maximum atomic E-state index is 14.1. The number of nitrogens with one attached hydrogen (secondary N) is 8. The lowest BCUT2D eigenvalue weighted by Crippen LogP contribution is -2.59. The van der Waals surface area contributed by atoms with E-state index in [9.17, 15) is 67.7 Å². The van der Waals surface area contributed by atoms with E-state index in [-0.39, 0.29) is 73.9 Å². The molecule has 2 rings (SSSR count). The fraction of sp³-hybridized carbons (Fsp3) is 0.500. The number of terminal acetylenes is 1. The van der Waals surface area contributed by atoms with Crippen LogP contribution in [0.3, 0.4) is 0 Å². The highest BCUT2D eigenvalue weighted by Gasteiger charge is 2.34. The summed E-state index contributed by atoms with van der Waals surface area (Å²) in [4.78, 5) is 158. The van der Waals surface area contributed by atoms with Crippen molar-refractivity contribution in [3.63, 3.8) is 0 Å². The van der Waals surface area contributed by atoms with Crippen LogP contribution in [0.15, 0.2) is 35.3 Å². The predicted octanol–water partition coefficient (Wildman–Crippen LogP) is -4.46. The highest BCUT2D eigenvalue weighted by molar-refractivity contribution is 8.77. The summed E-state index contributed by atoms with van der Waals surface area (Å²) in [5.74, 6) is -11.3. The highest BCUT2D eigenvalue weighted by atomic mass is 33.1. The zero-order valence-corrected chi connectivity index (χ0v) is 42.2. The van der Waals surface area contributed by atoms with Crippen molar-refractivity contribution in [3.8, 4) is 12.3 Å². The normalized spacial score (nSPS) is 21.3. The Bertz CT molecular complexity index is 2200. The summed E-state index contributed by atoms with van der Waals surface area (Å²) in [7, 11) is 3.54. The molecule has 400 valence electrons. The molecule has 73 heavy (non-hydrogen) atoms. The number of hydrogen-bond acceptors (Lipinski definition) is 18. The molecule has 0 aliphatic carbocycles. The summed E-state index contributed by atoms with van der Waals surface area (Å²) in [6, 6.07) is -3.69. The van der Waals surface area contributed by atoms with Crippen LogP contribution in [0.25, 0.3) is 0 Å². The molecule has 1 aromatic rings. The first-order valence-electron chi connectivity index (χ1n) is 21.9. The summed E-state index contributed by atoms with van der Waals surface area (Å²) in [5, 5.41) is 47.7. The molecular weight excluding hydrogens is 1040 g/mol. The quantitative estimate of drug-likeness (QED) is 0.0138. The van der Waals surface area contributed by atoms with E-state index in [1.165, 1.54) is 0 Å². The van der Waals surface area contributed by atoms with Crippen LogP contribution in [-0.4, -0.2) is 177 Å². The third-order valence-electron chi connectivity index (χ3n) is 9.68. The first-order chi connectivity index (χ1) is 34.6. The number of carbonyl (C=O) groups is 12. The Kier molecular flexibility index (Phi) is 28.9. The highest BCUT2D eigenvalue weighted by Crippen LogP contribution is 2.25. The fourth-order valence-electron chi connectivity index (χ4n) is 5.99. The third kappa shape index (κ3) is 25.5. The molecule has 1 fully saturated rings. The van der Waals surface area contributed by atoms with Crippen molar-refractivity contribution in [2.75, 3.05) is 36.1 Å². The van der Waals surface area contributed by atoms with Crippen LogP contribution in [-0.2, 0) is 64.0 Å². The summed E-state index contributed by atoms with van der Waals surface area (Å²) < 4.78 is 0. The second-order valence-corrected chi connectivity index (χ2v) is 20.7. The molecule has 1 aliphatic heterocycles. The van der Waals surface area contributed by atoms with Crippen LogP contribution in [0.1, 0.15) is 44.1 Å². The van der Waals surface area contributed by atoms with E-state index in [2.05, 4.69) is 53.4 Å². The van der Waals surface area contributed by atoms with E-state index in [0.29, 0.717) is 5.56 Å². The second-order valence-electron chi connectivity index (χ2n) is 15.6. The minimum Gasteiger partial charge on any atom is -0.481 e. The number of carboxylic acid groups (broad SMARTS) is 3. The summed E-state index contributed by atoms with van der Waals surface area (Å²) in [5.41, 5.74) is 17.6. The lowest BCUT2D eigenvalue weighted by atomic mass is 10.0. The average molecular weight is 1100 g/mol. The van der Waals surface area contributed by atoms with Crippen LogP contribution >= 0.6 is 43.2 Å². The Hall–Kier alpha value is -6.75. The summed E-state index contributed by atoms with van der Waals surface area (Å²) in [6.07, 6.45) is 3.17. The Balaban J connectivity index is 2.57. The molecular formula is C42H58N12O15S4. The van der Waals surface area contributed by atoms with Gasteiger partial charge in [-0.25, -0.2) is 4.79 Å². The van der Waals surface area contributed by atoms with E-state index in [1.807, 2.05) is 0 Å². The van der Waals surface area contributed by atoms with Crippen LogP contribution in [0.4, 0.5) is 0 Å². The molecule has 0 aromatic heterocycles. The fourth-order valence-corrected chi connectivity index (χ4v) is 10.6. The van der Waals surface area contributed by atoms with Gasteiger partial charge in [0.1, 0.15) is 42.5 Å². The number of amides is 8. The van der Waals surface area contributed by atoms with Gasteiger partial charge in [-0.1, -0.05) is 73.5 Å². The number of aldehydes is 1. The number of aliphatic imine (C=N–C) groups is 1. The van der Waals surface area contributed by atoms with Crippen molar-refractivity contribution in [2.24, 2.45) is 22.2 Å².